The van der Waals surface area contributed by atoms with E-state index in [1.165, 1.54) is 67.7 Å². The first-order valence-electron chi connectivity index (χ1n) is 25.8. The maximum atomic E-state index is 13.3. The Bertz CT molecular complexity index is 4200. The molecule has 2 fully saturated rings. The van der Waals surface area contributed by atoms with Crippen molar-refractivity contribution in [3.63, 3.8) is 0 Å². The number of hydroxylamine groups is 2. The van der Waals surface area contributed by atoms with Crippen LogP contribution in [0, 0.1) is 0 Å². The van der Waals surface area contributed by atoms with Gasteiger partial charge in [-0.05, 0) is 105 Å². The van der Waals surface area contributed by atoms with Gasteiger partial charge < -0.3 is 10.6 Å². The van der Waals surface area contributed by atoms with Crippen LogP contribution in [0.3, 0.4) is 0 Å². The zero-order valence-electron chi connectivity index (χ0n) is 43.9. The number of halogens is 2. The largest absolute Gasteiger partial charge is 0.350 e. The van der Waals surface area contributed by atoms with Crippen LogP contribution in [0.1, 0.15) is 46.4 Å². The van der Waals surface area contributed by atoms with E-state index < -0.39 is 20.0 Å². The summed E-state index contributed by atoms with van der Waals surface area (Å²) in [6.07, 6.45) is 11.0. The molecule has 12 rings (SSSR count). The summed E-state index contributed by atoms with van der Waals surface area (Å²) in [5, 5.41) is 12.7. The van der Waals surface area contributed by atoms with Crippen molar-refractivity contribution < 1.29 is 31.3 Å². The minimum Gasteiger partial charge on any atom is -0.350 e. The van der Waals surface area contributed by atoms with Gasteiger partial charge in [-0.2, -0.15) is 8.61 Å². The van der Waals surface area contributed by atoms with Crippen LogP contribution in [0.2, 0.25) is 10.0 Å². The number of amides is 1. The number of aldehydes is 1. The summed E-state index contributed by atoms with van der Waals surface area (Å²) >= 11 is 14.9. The molecule has 420 valence electrons. The van der Waals surface area contributed by atoms with E-state index in [-0.39, 0.29) is 34.3 Å². The monoisotopic (exact) mass is 1220 g/mol. The summed E-state index contributed by atoms with van der Waals surface area (Å²) in [5.41, 5.74) is 6.81. The Morgan fingerprint density at radius 2 is 1.13 bits per heavy atom. The Labute approximate surface area is 490 Å². The molecule has 82 heavy (non-hydrogen) atoms. The molecule has 2 aliphatic heterocycles. The zero-order valence-corrected chi connectivity index (χ0v) is 48.7. The van der Waals surface area contributed by atoms with E-state index in [0.717, 1.165) is 51.6 Å². The van der Waals surface area contributed by atoms with Gasteiger partial charge in [-0.1, -0.05) is 53.5 Å². The number of anilines is 2. The van der Waals surface area contributed by atoms with Crippen molar-refractivity contribution in [2.75, 3.05) is 51.0 Å². The van der Waals surface area contributed by atoms with Crippen molar-refractivity contribution in [1.82, 2.24) is 52.4 Å². The van der Waals surface area contributed by atoms with E-state index in [9.17, 15) is 26.4 Å². The van der Waals surface area contributed by atoms with Gasteiger partial charge >= 0.3 is 0 Å². The second-order valence-corrected chi connectivity index (χ2v) is 25.7. The Balaban J connectivity index is 0.000000173. The molecule has 6 aromatic heterocycles. The van der Waals surface area contributed by atoms with Crippen LogP contribution in [0.5, 0.6) is 0 Å². The lowest BCUT2D eigenvalue weighted by Gasteiger charge is -2.32. The molecule has 0 spiro atoms. The van der Waals surface area contributed by atoms with E-state index in [1.807, 2.05) is 68.4 Å². The molecular weight excluding hydrogens is 1170 g/mol. The van der Waals surface area contributed by atoms with Gasteiger partial charge in [0.2, 0.25) is 31.9 Å². The fourth-order valence-corrected chi connectivity index (χ4v) is 14.6. The molecule has 8 heterocycles. The summed E-state index contributed by atoms with van der Waals surface area (Å²) < 4.78 is 59.9. The summed E-state index contributed by atoms with van der Waals surface area (Å²) in [6, 6.07) is 30.2. The topological polar surface area (TPSA) is 232 Å². The number of aromatic nitrogens is 8. The summed E-state index contributed by atoms with van der Waals surface area (Å²) in [5.74, 6) is 0.510. The molecule has 26 heteroatoms. The number of sulfonamides is 2. The number of piperidine rings is 2. The van der Waals surface area contributed by atoms with Gasteiger partial charge in [-0.3, -0.25) is 23.2 Å². The first-order chi connectivity index (χ1) is 39.7. The number of hydrogen-bond donors (Lipinski definition) is 2. The molecule has 20 nitrogen and oxygen atoms in total. The van der Waals surface area contributed by atoms with Gasteiger partial charge in [-0.15, -0.1) is 22.7 Å². The smallest absolute Gasteiger partial charge is 0.277 e. The van der Waals surface area contributed by atoms with Crippen LogP contribution in [-0.2, 0) is 24.9 Å². The predicted octanol–water partition coefficient (Wildman–Crippen LogP) is 10.3. The molecule has 1 amide bonds. The molecule has 0 aliphatic carbocycles. The molecule has 0 radical (unpaired) electrons. The zero-order chi connectivity index (χ0) is 57.1. The molecule has 2 atom stereocenters. The standard InChI is InChI=1S/C29H28ClN7O4S2.C27H23ClN6O3S2/c1-35(41-2)27(38)20-6-3-5-19(17-20)25-26(37-15-16-42-29(37)34-25)24-12-13-31-28(33-24)32-22-7-4-14-36(18-22)43(39,40)23-10-8-21(30)9-11-23;28-20-6-8-22(9-7-20)39(36,37)33-12-2-5-21(16-33)30-26-29-11-10-23(31-26)25-24(32-27-34(25)13-14-38-27)19-4-1-3-18(15-19)17-35/h3,5-6,8-13,15-17,22H,4,7,14,18H2,1-2H3,(H,31,32,33);1,3-4,6-11,13-15,17,21H,2,5,12,16H2,(H,29,30,31)/t22-;21-/m11/s1. The second-order valence-electron chi connectivity index (χ2n) is 19.2. The molecule has 10 aromatic rings. The van der Waals surface area contributed by atoms with Gasteiger partial charge in [0.25, 0.3) is 5.91 Å². The van der Waals surface area contributed by atoms with Crippen LogP contribution < -0.4 is 10.6 Å². The van der Waals surface area contributed by atoms with E-state index >= 15 is 0 Å². The van der Waals surface area contributed by atoms with Crippen molar-refractivity contribution in [3.05, 3.63) is 166 Å². The summed E-state index contributed by atoms with van der Waals surface area (Å²) in [6.45, 7) is 1.45. The lowest BCUT2D eigenvalue weighted by atomic mass is 10.0. The summed E-state index contributed by atoms with van der Waals surface area (Å²) in [7, 11) is -4.32. The van der Waals surface area contributed by atoms with Crippen molar-refractivity contribution in [3.8, 4) is 45.3 Å². The van der Waals surface area contributed by atoms with Crippen LogP contribution in [-0.4, -0.2) is 134 Å². The SMILES string of the molecule is CON(C)C(=O)c1cccc(-c2nc3sccn3c2-c2ccnc(N[C@@H]3CCCN(S(=O)(=O)c4ccc(Cl)cc4)C3)n2)c1.O=Cc1cccc(-c2nc3sccn3c2-c2ccnc(N[C@@H]3CCCN(S(=O)(=O)c4ccc(Cl)cc4)C3)n2)c1. The summed E-state index contributed by atoms with van der Waals surface area (Å²) in [4.78, 5) is 59.4. The van der Waals surface area contributed by atoms with Crippen molar-refractivity contribution in [2.45, 2.75) is 47.6 Å². The van der Waals surface area contributed by atoms with Crippen molar-refractivity contribution >= 4 is 99.9 Å². The van der Waals surface area contributed by atoms with E-state index in [1.54, 1.807) is 68.0 Å². The quantitative estimate of drug-likeness (QED) is 0.0718. The highest BCUT2D eigenvalue weighted by Crippen LogP contribution is 2.37. The molecule has 4 aromatic carbocycles. The van der Waals surface area contributed by atoms with E-state index in [4.69, 9.17) is 48.0 Å². The van der Waals surface area contributed by atoms with Crippen LogP contribution in [0.4, 0.5) is 11.9 Å². The Morgan fingerprint density at radius 1 is 0.659 bits per heavy atom. The van der Waals surface area contributed by atoms with Crippen LogP contribution >= 0.6 is 45.9 Å². The molecule has 2 saturated heterocycles. The van der Waals surface area contributed by atoms with Gasteiger partial charge in [0.15, 0.2) is 9.92 Å². The first kappa shape index (κ1) is 56.3. The molecule has 2 aliphatic rings. The minimum atomic E-state index is -3.67. The normalized spacial score (nSPS) is 16.1. The van der Waals surface area contributed by atoms with E-state index in [0.29, 0.717) is 88.3 Å². The second kappa shape index (κ2) is 24.1. The lowest BCUT2D eigenvalue weighted by molar-refractivity contribution is -0.0756. The predicted molar refractivity (Wildman–Crippen MR) is 317 cm³/mol. The molecule has 0 bridgehead atoms. The lowest BCUT2D eigenvalue weighted by Crippen LogP contribution is -2.45. The minimum absolute atomic E-state index is 0.161. The van der Waals surface area contributed by atoms with Gasteiger partial charge in [-0.25, -0.2) is 51.8 Å². The molecule has 2 N–H and O–H groups in total. The number of nitrogens with one attached hydrogen (secondary N) is 2. The fourth-order valence-electron chi connectivity index (χ4n) is 9.84. The molecular formula is C56H51Cl2N13O7S4. The average Bonchev–Trinajstić information content (AvgIpc) is 4.48. The Hall–Kier alpha value is -7.52. The molecule has 0 saturated carbocycles. The highest BCUT2D eigenvalue weighted by Gasteiger charge is 2.33. The fraction of sp³-hybridized carbons (Fsp3) is 0.214. The van der Waals surface area contributed by atoms with Crippen LogP contribution in [0.25, 0.3) is 55.2 Å². The maximum Gasteiger partial charge on any atom is 0.277 e. The third kappa shape index (κ3) is 11.9. The number of rotatable bonds is 15. The third-order valence-electron chi connectivity index (χ3n) is 13.9. The number of fused-ring (bicyclic) bond motifs is 2. The Kier molecular flexibility index (Phi) is 16.6. The van der Waals surface area contributed by atoms with Crippen molar-refractivity contribution in [1.29, 1.82) is 0 Å². The number of benzene rings is 4. The van der Waals surface area contributed by atoms with E-state index in [2.05, 4.69) is 20.6 Å². The molecule has 0 unspecified atom stereocenters. The number of hydrogen-bond acceptors (Lipinski definition) is 17. The highest BCUT2D eigenvalue weighted by atomic mass is 35.5. The van der Waals surface area contributed by atoms with Crippen molar-refractivity contribution in [2.24, 2.45) is 0 Å². The van der Waals surface area contributed by atoms with Crippen LogP contribution in [0.15, 0.2) is 155 Å². The van der Waals surface area contributed by atoms with Gasteiger partial charge in [0.1, 0.15) is 17.7 Å². The Morgan fingerprint density at radius 3 is 1.61 bits per heavy atom. The number of carbonyl (C=O) groups excluding carboxylic acids is 2. The van der Waals surface area contributed by atoms with Gasteiger partial charge in [0, 0.05) is 113 Å². The number of nitrogens with zero attached hydrogens (tertiary/aromatic N) is 11. The van der Waals surface area contributed by atoms with Gasteiger partial charge in [0.05, 0.1) is 39.7 Å². The first-order valence-corrected chi connectivity index (χ1v) is 31.2. The average molecular weight is 1220 g/mol. The number of thiazole rings is 2. The third-order valence-corrected chi connectivity index (χ3v) is 19.7. The maximum absolute atomic E-state index is 13.3. The number of imidazole rings is 2. The number of carbonyl (C=O) groups is 2. The highest BCUT2D eigenvalue weighted by molar-refractivity contribution is 7.89.